The number of methoxy groups -OCH3 is 1. The molecule has 0 saturated carbocycles. The number of H-pyrrole nitrogens is 1. The SMILES string of the molecule is COc1cccc(-c2cc(=O)[nH]c(Nc3ccc(OC(F)(F)F)cc3)n2)c1. The number of aromatic amines is 1. The standard InChI is InChI=1S/C18H14F3N3O3/c1-26-14-4-2-3-11(9-14)15-10-16(25)24-17(23-15)22-12-5-7-13(8-6-12)27-18(19,20)21/h2-10H,1H3,(H2,22,23,24,25). The highest BCUT2D eigenvalue weighted by Crippen LogP contribution is 2.25. The molecule has 0 amide bonds. The summed E-state index contributed by atoms with van der Waals surface area (Å²) in [6.07, 6.45) is -4.76. The third-order valence-electron chi connectivity index (χ3n) is 3.46. The smallest absolute Gasteiger partial charge is 0.497 e. The van der Waals surface area contributed by atoms with Crippen LogP contribution in [0.2, 0.25) is 0 Å². The lowest BCUT2D eigenvalue weighted by Gasteiger charge is -2.10. The number of hydrogen-bond acceptors (Lipinski definition) is 5. The van der Waals surface area contributed by atoms with Gasteiger partial charge in [0.05, 0.1) is 12.8 Å². The molecule has 1 aromatic heterocycles. The predicted octanol–water partition coefficient (Wildman–Crippen LogP) is 4.09. The van der Waals surface area contributed by atoms with Gasteiger partial charge in [0, 0.05) is 17.3 Å². The number of anilines is 2. The van der Waals surface area contributed by atoms with Crippen molar-refractivity contribution in [3.8, 4) is 22.8 Å². The first-order valence-electron chi connectivity index (χ1n) is 7.71. The van der Waals surface area contributed by atoms with Crippen molar-refractivity contribution < 1.29 is 22.6 Å². The van der Waals surface area contributed by atoms with Crippen LogP contribution in [0.25, 0.3) is 11.3 Å². The van der Waals surface area contributed by atoms with Gasteiger partial charge < -0.3 is 14.8 Å². The molecule has 0 bridgehead atoms. The monoisotopic (exact) mass is 377 g/mol. The summed E-state index contributed by atoms with van der Waals surface area (Å²) in [6, 6.07) is 13.4. The van der Waals surface area contributed by atoms with Gasteiger partial charge in [-0.3, -0.25) is 9.78 Å². The minimum atomic E-state index is -4.76. The van der Waals surface area contributed by atoms with Crippen molar-refractivity contribution in [3.63, 3.8) is 0 Å². The largest absolute Gasteiger partial charge is 0.573 e. The van der Waals surface area contributed by atoms with E-state index in [0.29, 0.717) is 22.7 Å². The summed E-state index contributed by atoms with van der Waals surface area (Å²) >= 11 is 0. The highest BCUT2D eigenvalue weighted by Gasteiger charge is 2.30. The molecule has 2 aromatic carbocycles. The molecule has 3 aromatic rings. The van der Waals surface area contributed by atoms with Crippen LogP contribution in [-0.2, 0) is 0 Å². The molecule has 3 rings (SSSR count). The molecule has 0 aliphatic heterocycles. The van der Waals surface area contributed by atoms with Crippen molar-refractivity contribution in [2.24, 2.45) is 0 Å². The van der Waals surface area contributed by atoms with Gasteiger partial charge >= 0.3 is 6.36 Å². The summed E-state index contributed by atoms with van der Waals surface area (Å²) in [7, 11) is 1.53. The number of rotatable bonds is 5. The van der Waals surface area contributed by atoms with Crippen LogP contribution in [0.1, 0.15) is 0 Å². The second kappa shape index (κ2) is 7.40. The van der Waals surface area contributed by atoms with Crippen molar-refractivity contribution in [1.29, 1.82) is 0 Å². The average molecular weight is 377 g/mol. The number of nitrogens with one attached hydrogen (secondary N) is 2. The van der Waals surface area contributed by atoms with E-state index in [1.54, 1.807) is 24.3 Å². The molecule has 6 nitrogen and oxygen atoms in total. The van der Waals surface area contributed by atoms with Gasteiger partial charge in [-0.15, -0.1) is 13.2 Å². The van der Waals surface area contributed by atoms with Gasteiger partial charge in [0.25, 0.3) is 5.56 Å². The van der Waals surface area contributed by atoms with Crippen LogP contribution in [0, 0.1) is 0 Å². The number of halogens is 3. The Hall–Kier alpha value is -3.49. The zero-order chi connectivity index (χ0) is 19.4. The quantitative estimate of drug-likeness (QED) is 0.701. The lowest BCUT2D eigenvalue weighted by Crippen LogP contribution is -2.17. The Labute approximate surface area is 151 Å². The Kier molecular flexibility index (Phi) is 5.02. The van der Waals surface area contributed by atoms with E-state index in [9.17, 15) is 18.0 Å². The first kappa shape index (κ1) is 18.3. The number of hydrogen-bond donors (Lipinski definition) is 2. The van der Waals surface area contributed by atoms with E-state index in [2.05, 4.69) is 20.0 Å². The second-order valence-corrected chi connectivity index (χ2v) is 5.41. The van der Waals surface area contributed by atoms with Gasteiger partial charge in [0.2, 0.25) is 5.95 Å². The molecule has 27 heavy (non-hydrogen) atoms. The van der Waals surface area contributed by atoms with Gasteiger partial charge in [-0.05, 0) is 36.4 Å². The molecule has 0 fully saturated rings. The van der Waals surface area contributed by atoms with Gasteiger partial charge in [0.15, 0.2) is 0 Å². The summed E-state index contributed by atoms with van der Waals surface area (Å²) in [5.74, 6) is 0.411. The average Bonchev–Trinajstić information content (AvgIpc) is 2.62. The van der Waals surface area contributed by atoms with Crippen molar-refractivity contribution in [3.05, 3.63) is 65.0 Å². The van der Waals surface area contributed by atoms with Crippen molar-refractivity contribution in [2.45, 2.75) is 6.36 Å². The fourth-order valence-electron chi connectivity index (χ4n) is 2.32. The van der Waals surface area contributed by atoms with Crippen LogP contribution >= 0.6 is 0 Å². The maximum atomic E-state index is 12.2. The zero-order valence-electron chi connectivity index (χ0n) is 14.0. The fraction of sp³-hybridized carbons (Fsp3) is 0.111. The third kappa shape index (κ3) is 5.00. The second-order valence-electron chi connectivity index (χ2n) is 5.41. The van der Waals surface area contributed by atoms with Crippen LogP contribution in [0.15, 0.2) is 59.4 Å². The number of aromatic nitrogens is 2. The Morgan fingerprint density at radius 2 is 1.78 bits per heavy atom. The van der Waals surface area contributed by atoms with Gasteiger partial charge in [-0.1, -0.05) is 12.1 Å². The molecule has 140 valence electrons. The first-order chi connectivity index (χ1) is 12.8. The van der Waals surface area contributed by atoms with E-state index in [0.717, 1.165) is 12.1 Å². The lowest BCUT2D eigenvalue weighted by atomic mass is 10.1. The summed E-state index contributed by atoms with van der Waals surface area (Å²) in [5, 5.41) is 2.84. The Morgan fingerprint density at radius 1 is 1.04 bits per heavy atom. The van der Waals surface area contributed by atoms with Gasteiger partial charge in [-0.25, -0.2) is 4.98 Å². The number of ether oxygens (including phenoxy) is 2. The van der Waals surface area contributed by atoms with Crippen molar-refractivity contribution in [1.82, 2.24) is 9.97 Å². The van der Waals surface area contributed by atoms with Crippen LogP contribution in [-0.4, -0.2) is 23.4 Å². The summed E-state index contributed by atoms with van der Waals surface area (Å²) in [5.41, 5.74) is 1.13. The maximum absolute atomic E-state index is 12.2. The first-order valence-corrected chi connectivity index (χ1v) is 7.71. The van der Waals surface area contributed by atoms with Gasteiger partial charge in [0.1, 0.15) is 11.5 Å². The van der Waals surface area contributed by atoms with Crippen molar-refractivity contribution >= 4 is 11.6 Å². The van der Waals surface area contributed by atoms with E-state index in [1.165, 1.54) is 25.3 Å². The molecule has 0 radical (unpaired) electrons. The number of benzene rings is 2. The molecule has 0 atom stereocenters. The Balaban J connectivity index is 1.83. The van der Waals surface area contributed by atoms with E-state index < -0.39 is 6.36 Å². The van der Waals surface area contributed by atoms with Crippen molar-refractivity contribution in [2.75, 3.05) is 12.4 Å². The molecule has 0 unspecified atom stereocenters. The van der Waals surface area contributed by atoms with Crippen LogP contribution in [0.5, 0.6) is 11.5 Å². The molecule has 1 heterocycles. The van der Waals surface area contributed by atoms with E-state index >= 15 is 0 Å². The van der Waals surface area contributed by atoms with E-state index in [-0.39, 0.29) is 17.3 Å². The maximum Gasteiger partial charge on any atom is 0.573 e. The van der Waals surface area contributed by atoms with Gasteiger partial charge in [-0.2, -0.15) is 0 Å². The van der Waals surface area contributed by atoms with E-state index in [4.69, 9.17) is 4.74 Å². The molecule has 0 aliphatic rings. The predicted molar refractivity (Wildman–Crippen MR) is 93.3 cm³/mol. The number of nitrogens with zero attached hydrogens (tertiary/aromatic N) is 1. The molecule has 0 aliphatic carbocycles. The molecule has 9 heteroatoms. The van der Waals surface area contributed by atoms with Crippen LogP contribution in [0.3, 0.4) is 0 Å². The fourth-order valence-corrected chi connectivity index (χ4v) is 2.32. The lowest BCUT2D eigenvalue weighted by molar-refractivity contribution is -0.274. The molecule has 2 N–H and O–H groups in total. The Morgan fingerprint density at radius 3 is 2.44 bits per heavy atom. The summed E-state index contributed by atoms with van der Waals surface area (Å²) in [6.45, 7) is 0. The normalized spacial score (nSPS) is 11.1. The highest BCUT2D eigenvalue weighted by molar-refractivity contribution is 5.63. The Bertz CT molecular complexity index is 985. The molecular weight excluding hydrogens is 363 g/mol. The highest BCUT2D eigenvalue weighted by atomic mass is 19.4. The zero-order valence-corrected chi connectivity index (χ0v) is 14.0. The van der Waals surface area contributed by atoms with E-state index in [1.807, 2.05) is 0 Å². The molecular formula is C18H14F3N3O3. The minimum absolute atomic E-state index is 0.143. The third-order valence-corrected chi connectivity index (χ3v) is 3.46. The molecule has 0 spiro atoms. The topological polar surface area (TPSA) is 76.2 Å². The summed E-state index contributed by atoms with van der Waals surface area (Å²) < 4.78 is 45.6. The number of alkyl halides is 3. The summed E-state index contributed by atoms with van der Waals surface area (Å²) in [4.78, 5) is 18.8. The minimum Gasteiger partial charge on any atom is -0.497 e. The van der Waals surface area contributed by atoms with Crippen LogP contribution < -0.4 is 20.3 Å². The molecule has 0 saturated heterocycles. The van der Waals surface area contributed by atoms with Crippen LogP contribution in [0.4, 0.5) is 24.8 Å².